The number of carbonyl (C=O) groups excluding carboxylic acids is 1. The van der Waals surface area contributed by atoms with Crippen molar-refractivity contribution < 1.29 is 18.3 Å². The Labute approximate surface area is 129 Å². The first-order valence-corrected chi connectivity index (χ1v) is 7.53. The zero-order valence-corrected chi connectivity index (χ0v) is 12.9. The fraction of sp³-hybridized carbons (Fsp3) is 0.562. The van der Waals surface area contributed by atoms with Crippen LogP contribution in [0.3, 0.4) is 0 Å². The number of rotatable bonds is 5. The lowest BCUT2D eigenvalue weighted by Gasteiger charge is -2.33. The van der Waals surface area contributed by atoms with Crippen LogP contribution in [0.5, 0.6) is 0 Å². The number of amides is 1. The van der Waals surface area contributed by atoms with Crippen LogP contribution in [0.1, 0.15) is 24.2 Å². The normalized spacial score (nSPS) is 19.4. The van der Waals surface area contributed by atoms with Gasteiger partial charge in [0.05, 0.1) is 12.7 Å². The molecule has 0 bridgehead atoms. The van der Waals surface area contributed by atoms with Crippen LogP contribution < -0.4 is 5.32 Å². The summed E-state index contributed by atoms with van der Waals surface area (Å²) in [5.74, 6) is -1.83. The number of nitrogens with one attached hydrogen (secondary N) is 1. The highest BCUT2D eigenvalue weighted by molar-refractivity contribution is 5.94. The van der Waals surface area contributed by atoms with E-state index < -0.39 is 17.5 Å². The summed E-state index contributed by atoms with van der Waals surface area (Å²) in [5, 5.41) is 2.71. The van der Waals surface area contributed by atoms with E-state index in [1.807, 2.05) is 0 Å². The van der Waals surface area contributed by atoms with Gasteiger partial charge in [-0.25, -0.2) is 8.78 Å². The Morgan fingerprint density at radius 2 is 2.18 bits per heavy atom. The van der Waals surface area contributed by atoms with Crippen LogP contribution >= 0.6 is 0 Å². The summed E-state index contributed by atoms with van der Waals surface area (Å²) < 4.78 is 31.6. The molecule has 1 aromatic carbocycles. The van der Waals surface area contributed by atoms with Gasteiger partial charge in [0.1, 0.15) is 0 Å². The summed E-state index contributed by atoms with van der Waals surface area (Å²) in [4.78, 5) is 14.2. The van der Waals surface area contributed by atoms with Crippen molar-refractivity contribution in [2.75, 3.05) is 32.8 Å². The number of ether oxygens (including phenoxy) is 1. The maximum atomic E-state index is 13.1. The first-order chi connectivity index (χ1) is 10.5. The van der Waals surface area contributed by atoms with Crippen molar-refractivity contribution in [2.45, 2.75) is 20.0 Å². The Hall–Kier alpha value is -1.53. The van der Waals surface area contributed by atoms with Crippen LogP contribution in [0.4, 0.5) is 8.78 Å². The fourth-order valence-electron chi connectivity index (χ4n) is 2.53. The first kappa shape index (κ1) is 16.8. The lowest BCUT2D eigenvalue weighted by atomic mass is 10.1. The van der Waals surface area contributed by atoms with Gasteiger partial charge in [-0.15, -0.1) is 0 Å². The Bertz CT molecular complexity index is 523. The van der Waals surface area contributed by atoms with Gasteiger partial charge < -0.3 is 10.1 Å². The van der Waals surface area contributed by atoms with Crippen molar-refractivity contribution in [3.63, 3.8) is 0 Å². The van der Waals surface area contributed by atoms with Crippen molar-refractivity contribution in [1.82, 2.24) is 10.2 Å². The van der Waals surface area contributed by atoms with E-state index in [-0.39, 0.29) is 11.7 Å². The average molecular weight is 312 g/mol. The molecule has 2 rings (SSSR count). The summed E-state index contributed by atoms with van der Waals surface area (Å²) in [7, 11) is 0. The minimum Gasteiger partial charge on any atom is -0.374 e. The molecule has 1 fully saturated rings. The van der Waals surface area contributed by atoms with Crippen molar-refractivity contribution in [1.29, 1.82) is 0 Å². The molecule has 1 N–H and O–H groups in total. The van der Waals surface area contributed by atoms with Crippen molar-refractivity contribution in [3.05, 3.63) is 35.4 Å². The second-order valence-corrected chi connectivity index (χ2v) is 5.99. The molecule has 0 saturated carbocycles. The molecular weight excluding hydrogens is 290 g/mol. The lowest BCUT2D eigenvalue weighted by molar-refractivity contribution is -0.0295. The van der Waals surface area contributed by atoms with Crippen molar-refractivity contribution >= 4 is 5.91 Å². The van der Waals surface area contributed by atoms with E-state index in [1.54, 1.807) is 0 Å². The van der Waals surface area contributed by atoms with Gasteiger partial charge in [0, 0.05) is 31.7 Å². The molecule has 0 aromatic heterocycles. The number of nitrogens with zero attached hydrogens (tertiary/aromatic N) is 1. The van der Waals surface area contributed by atoms with Crippen LogP contribution in [-0.4, -0.2) is 49.7 Å². The van der Waals surface area contributed by atoms with Crippen LogP contribution in [0.25, 0.3) is 0 Å². The molecular formula is C16H22F2N2O2. The van der Waals surface area contributed by atoms with Gasteiger partial charge in [0.25, 0.3) is 5.91 Å². The molecule has 1 unspecified atom stereocenters. The monoisotopic (exact) mass is 312 g/mol. The standard InChI is InChI=1S/C16H22F2N2O2/c1-11(2)9-20-5-6-22-13(10-20)8-19-16(21)12-3-4-14(17)15(18)7-12/h3-4,7,11,13H,5-6,8-10H2,1-2H3,(H,19,21). The third-order valence-electron chi connectivity index (χ3n) is 3.52. The molecule has 1 aliphatic heterocycles. The minimum atomic E-state index is -1.02. The molecule has 4 nitrogen and oxygen atoms in total. The Kier molecular flexibility index (Phi) is 5.85. The van der Waals surface area contributed by atoms with E-state index in [9.17, 15) is 13.6 Å². The summed E-state index contributed by atoms with van der Waals surface area (Å²) >= 11 is 0. The van der Waals surface area contributed by atoms with E-state index in [4.69, 9.17) is 4.74 Å². The first-order valence-electron chi connectivity index (χ1n) is 7.53. The van der Waals surface area contributed by atoms with Gasteiger partial charge in [0.15, 0.2) is 11.6 Å². The zero-order valence-electron chi connectivity index (χ0n) is 12.9. The zero-order chi connectivity index (χ0) is 16.1. The summed E-state index contributed by atoms with van der Waals surface area (Å²) in [6, 6.07) is 3.11. The molecule has 1 amide bonds. The largest absolute Gasteiger partial charge is 0.374 e. The fourth-order valence-corrected chi connectivity index (χ4v) is 2.53. The second-order valence-electron chi connectivity index (χ2n) is 5.99. The number of morpholine rings is 1. The van der Waals surface area contributed by atoms with Crippen molar-refractivity contribution in [2.24, 2.45) is 5.92 Å². The number of hydrogen-bond acceptors (Lipinski definition) is 3. The van der Waals surface area contributed by atoms with Gasteiger partial charge in [-0.2, -0.15) is 0 Å². The van der Waals surface area contributed by atoms with Gasteiger partial charge in [-0.3, -0.25) is 9.69 Å². The second kappa shape index (κ2) is 7.65. The summed E-state index contributed by atoms with van der Waals surface area (Å²) in [6.45, 7) is 7.97. The van der Waals surface area contributed by atoms with Crippen LogP contribution in [-0.2, 0) is 4.74 Å². The Morgan fingerprint density at radius 1 is 1.41 bits per heavy atom. The number of carbonyl (C=O) groups is 1. The SMILES string of the molecule is CC(C)CN1CCOC(CNC(=O)c2ccc(F)c(F)c2)C1. The molecule has 122 valence electrons. The predicted molar refractivity (Wildman–Crippen MR) is 79.7 cm³/mol. The highest BCUT2D eigenvalue weighted by Gasteiger charge is 2.21. The molecule has 0 aliphatic carbocycles. The van der Waals surface area contributed by atoms with E-state index >= 15 is 0 Å². The van der Waals surface area contributed by atoms with Gasteiger partial charge in [-0.05, 0) is 24.1 Å². The van der Waals surface area contributed by atoms with Crippen molar-refractivity contribution in [3.8, 4) is 0 Å². The third kappa shape index (κ3) is 4.74. The maximum Gasteiger partial charge on any atom is 0.251 e. The lowest BCUT2D eigenvalue weighted by Crippen LogP contribution is -2.48. The number of hydrogen-bond donors (Lipinski definition) is 1. The highest BCUT2D eigenvalue weighted by atomic mass is 19.2. The van der Waals surface area contributed by atoms with Gasteiger partial charge >= 0.3 is 0 Å². The number of halogens is 2. The topological polar surface area (TPSA) is 41.6 Å². The van der Waals surface area contributed by atoms with Gasteiger partial charge in [0.2, 0.25) is 0 Å². The molecule has 0 spiro atoms. The van der Waals surface area contributed by atoms with E-state index in [0.29, 0.717) is 19.1 Å². The molecule has 0 radical (unpaired) electrons. The maximum absolute atomic E-state index is 13.1. The molecule has 1 aromatic rings. The quantitative estimate of drug-likeness (QED) is 0.905. The van der Waals surface area contributed by atoms with Gasteiger partial charge in [-0.1, -0.05) is 13.8 Å². The molecule has 1 atom stereocenters. The molecule has 1 saturated heterocycles. The van der Waals surface area contributed by atoms with Crippen LogP contribution in [0, 0.1) is 17.6 Å². The number of benzene rings is 1. The third-order valence-corrected chi connectivity index (χ3v) is 3.52. The van der Waals surface area contributed by atoms with E-state index in [2.05, 4.69) is 24.1 Å². The predicted octanol–water partition coefficient (Wildman–Crippen LogP) is 2.05. The van der Waals surface area contributed by atoms with E-state index in [0.717, 1.165) is 31.8 Å². The van der Waals surface area contributed by atoms with E-state index in [1.165, 1.54) is 6.07 Å². The Morgan fingerprint density at radius 3 is 2.86 bits per heavy atom. The molecule has 22 heavy (non-hydrogen) atoms. The van der Waals surface area contributed by atoms with Crippen LogP contribution in [0.2, 0.25) is 0 Å². The Balaban J connectivity index is 1.84. The summed E-state index contributed by atoms with van der Waals surface area (Å²) in [5.41, 5.74) is 0.105. The smallest absolute Gasteiger partial charge is 0.251 e. The highest BCUT2D eigenvalue weighted by Crippen LogP contribution is 2.10. The molecule has 1 aliphatic rings. The van der Waals surface area contributed by atoms with Crippen LogP contribution in [0.15, 0.2) is 18.2 Å². The summed E-state index contributed by atoms with van der Waals surface area (Å²) in [6.07, 6.45) is -0.0817. The molecule has 6 heteroatoms. The molecule has 1 heterocycles. The minimum absolute atomic E-state index is 0.0817. The average Bonchev–Trinajstić information content (AvgIpc) is 2.47.